The second kappa shape index (κ2) is 26.5. The van der Waals surface area contributed by atoms with Gasteiger partial charge in [-0.2, -0.15) is 0 Å². The number of hydrogen-bond acceptors (Lipinski definition) is 9. The third-order valence-corrected chi connectivity index (χ3v) is 12.2. The van der Waals surface area contributed by atoms with Crippen LogP contribution in [0.5, 0.6) is 0 Å². The molecule has 0 spiro atoms. The zero-order valence-corrected chi connectivity index (χ0v) is 42.5. The van der Waals surface area contributed by atoms with E-state index in [1.165, 1.54) is 11.8 Å². The molecule has 0 aliphatic carbocycles. The van der Waals surface area contributed by atoms with Crippen LogP contribution in [0.4, 0.5) is 0 Å². The topological polar surface area (TPSA) is 253 Å². The van der Waals surface area contributed by atoms with Crippen molar-refractivity contribution in [2.45, 2.75) is 203 Å². The molecule has 9 amide bonds. The first kappa shape index (κ1) is 57.4. The Bertz CT molecular complexity index is 1700. The molecule has 0 aromatic rings. The summed E-state index contributed by atoms with van der Waals surface area (Å²) in [6, 6.07) is -9.81. The number of amides is 9. The maximum absolute atomic E-state index is 14.2. The molecule has 0 aromatic heterocycles. The largest absolute Gasteiger partial charge is 0.343 e. The molecule has 2 fully saturated rings. The third kappa shape index (κ3) is 17.5. The summed E-state index contributed by atoms with van der Waals surface area (Å²) in [4.78, 5) is 128. The van der Waals surface area contributed by atoms with Crippen LogP contribution in [0, 0.1) is 41.4 Å². The van der Waals surface area contributed by atoms with Crippen molar-refractivity contribution in [3.8, 4) is 0 Å². The van der Waals surface area contributed by atoms with E-state index >= 15 is 0 Å². The van der Waals surface area contributed by atoms with Gasteiger partial charge in [0.2, 0.25) is 53.2 Å². The summed E-state index contributed by atoms with van der Waals surface area (Å²) < 4.78 is 0. The fourth-order valence-corrected chi connectivity index (χ4v) is 8.33. The smallest absolute Gasteiger partial charge is 0.245 e. The Kier molecular flexibility index (Phi) is 23.1. The quantitative estimate of drug-likeness (QED) is 0.143. The Hall–Kier alpha value is -4.77. The van der Waals surface area contributed by atoms with Gasteiger partial charge in [0.25, 0.3) is 0 Å². The summed E-state index contributed by atoms with van der Waals surface area (Å²) in [5.41, 5.74) is 0. The van der Waals surface area contributed by atoms with Gasteiger partial charge in [-0.25, -0.2) is 0 Å². The van der Waals surface area contributed by atoms with Gasteiger partial charge < -0.3 is 47.4 Å². The zero-order valence-electron chi connectivity index (χ0n) is 42.5. The Labute approximate surface area is 393 Å². The van der Waals surface area contributed by atoms with Gasteiger partial charge in [-0.1, -0.05) is 103 Å². The molecule has 2 heterocycles. The van der Waals surface area contributed by atoms with Crippen LogP contribution >= 0.6 is 0 Å². The summed E-state index contributed by atoms with van der Waals surface area (Å²) in [6.07, 6.45) is 2.10. The number of carbonyl (C=O) groups is 9. The van der Waals surface area contributed by atoms with Gasteiger partial charge in [0.15, 0.2) is 0 Å². The summed E-state index contributed by atoms with van der Waals surface area (Å²) in [6.45, 7) is 27.4. The lowest BCUT2D eigenvalue weighted by Gasteiger charge is -2.32. The highest BCUT2D eigenvalue weighted by atomic mass is 16.2. The lowest BCUT2D eigenvalue weighted by Crippen LogP contribution is -2.61. The molecule has 18 heteroatoms. The molecule has 2 aliphatic rings. The highest BCUT2D eigenvalue weighted by Crippen LogP contribution is 2.21. The van der Waals surface area contributed by atoms with Crippen LogP contribution in [0.2, 0.25) is 0 Å². The van der Waals surface area contributed by atoms with Gasteiger partial charge in [0.05, 0.1) is 0 Å². The Balaban J connectivity index is 2.75. The molecule has 10 atom stereocenters. The van der Waals surface area contributed by atoms with Gasteiger partial charge in [-0.05, 0) is 86.9 Å². The molecule has 0 unspecified atom stereocenters. The van der Waals surface area contributed by atoms with E-state index in [9.17, 15) is 43.2 Å². The molecular formula is C48H85N9O9. The van der Waals surface area contributed by atoms with E-state index in [-0.39, 0.29) is 61.8 Å². The van der Waals surface area contributed by atoms with E-state index in [1.54, 1.807) is 34.6 Å². The lowest BCUT2D eigenvalue weighted by molar-refractivity contribution is -0.142. The van der Waals surface area contributed by atoms with Crippen LogP contribution in [0.25, 0.3) is 0 Å². The van der Waals surface area contributed by atoms with Crippen LogP contribution in [0.1, 0.15) is 149 Å². The molecule has 0 radical (unpaired) electrons. The van der Waals surface area contributed by atoms with Crippen molar-refractivity contribution in [1.29, 1.82) is 0 Å². The minimum absolute atomic E-state index is 0.0733. The Morgan fingerprint density at radius 3 is 1.11 bits per heavy atom. The average Bonchev–Trinajstić information content (AvgIpc) is 3.70. The molecule has 2 aliphatic heterocycles. The summed E-state index contributed by atoms with van der Waals surface area (Å²) in [7, 11) is 0. The molecule has 8 N–H and O–H groups in total. The first-order valence-corrected chi connectivity index (χ1v) is 24.4. The van der Waals surface area contributed by atoms with Crippen molar-refractivity contribution >= 4 is 53.2 Å². The Morgan fingerprint density at radius 1 is 0.439 bits per heavy atom. The number of carbonyl (C=O) groups excluding carboxylic acids is 9. The van der Waals surface area contributed by atoms with Crippen molar-refractivity contribution < 1.29 is 43.2 Å². The number of rotatable bonds is 12. The maximum Gasteiger partial charge on any atom is 0.245 e. The van der Waals surface area contributed by atoms with Gasteiger partial charge >= 0.3 is 0 Å². The molecule has 376 valence electrons. The van der Waals surface area contributed by atoms with E-state index in [2.05, 4.69) is 42.5 Å². The van der Waals surface area contributed by atoms with Gasteiger partial charge in [0.1, 0.15) is 54.4 Å². The van der Waals surface area contributed by atoms with Crippen LogP contribution in [-0.4, -0.2) is 119 Å². The predicted molar refractivity (Wildman–Crippen MR) is 253 cm³/mol. The lowest BCUT2D eigenvalue weighted by atomic mass is 9.95. The third-order valence-electron chi connectivity index (χ3n) is 12.2. The zero-order chi connectivity index (χ0) is 50.3. The van der Waals surface area contributed by atoms with Crippen molar-refractivity contribution in [2.24, 2.45) is 41.4 Å². The van der Waals surface area contributed by atoms with Crippen LogP contribution < -0.4 is 42.5 Å². The van der Waals surface area contributed by atoms with E-state index in [4.69, 9.17) is 0 Å². The summed E-state index contributed by atoms with van der Waals surface area (Å²) in [5.74, 6) is -7.06. The van der Waals surface area contributed by atoms with Crippen LogP contribution in [0.15, 0.2) is 0 Å². The number of hydrogen-bond donors (Lipinski definition) is 8. The van der Waals surface area contributed by atoms with E-state index in [0.717, 1.165) is 0 Å². The van der Waals surface area contributed by atoms with E-state index in [0.29, 0.717) is 19.3 Å². The highest BCUT2D eigenvalue weighted by Gasteiger charge is 2.41. The average molecular weight is 932 g/mol. The molecule has 0 bridgehead atoms. The molecule has 0 saturated carbocycles. The van der Waals surface area contributed by atoms with Crippen molar-refractivity contribution in [3.05, 3.63) is 0 Å². The molecule has 2 saturated heterocycles. The number of nitrogens with zero attached hydrogens (tertiary/aromatic N) is 1. The standard InChI is InChI=1S/C48H85N9O9/c1-16-30(14)39-47(65)53-33(21-25(4)5)41(59)50-32(20-24(2)3)40(58)51-34(22-26(6)7)42(60)55-38(29(12)13)46(64)52-35(23-27(8)9)43(61)54-37(28(10)11)45(63)49-31(15)48(66)57-19-17-18-36(57)44(62)56-39/h24-39H,16-23H2,1-15H3,(H,49,63)(H,50,59)(H,51,58)(H,52,64)(H,53,65)(H,54,61)(H,55,60)(H,56,62)/t30-,31-,32-,33-,34-,35-,36-,37-,38-,39-/m0/s1. The van der Waals surface area contributed by atoms with Crippen LogP contribution in [-0.2, 0) is 43.2 Å². The van der Waals surface area contributed by atoms with Crippen LogP contribution in [0.3, 0.4) is 0 Å². The predicted octanol–water partition coefficient (Wildman–Crippen LogP) is 2.43. The Morgan fingerprint density at radius 2 is 0.758 bits per heavy atom. The molecule has 0 aromatic carbocycles. The molecule has 66 heavy (non-hydrogen) atoms. The first-order chi connectivity index (χ1) is 30.7. The monoisotopic (exact) mass is 932 g/mol. The maximum atomic E-state index is 14.2. The minimum Gasteiger partial charge on any atom is -0.343 e. The van der Waals surface area contributed by atoms with Crippen molar-refractivity contribution in [1.82, 2.24) is 47.4 Å². The second-order valence-electron chi connectivity index (χ2n) is 21.0. The summed E-state index contributed by atoms with van der Waals surface area (Å²) in [5, 5.41) is 22.5. The van der Waals surface area contributed by atoms with Crippen molar-refractivity contribution in [3.63, 3.8) is 0 Å². The number of nitrogens with one attached hydrogen (secondary N) is 8. The van der Waals surface area contributed by atoms with E-state index < -0.39 is 119 Å². The van der Waals surface area contributed by atoms with Gasteiger partial charge in [-0.15, -0.1) is 0 Å². The molecule has 2 rings (SSSR count). The summed E-state index contributed by atoms with van der Waals surface area (Å²) >= 11 is 0. The fourth-order valence-electron chi connectivity index (χ4n) is 8.33. The SMILES string of the molecule is CC[C@H](C)[C@@H]1NC(=O)[C@@H]2CCCN2C(=O)[C@H](C)NC(=O)[C@H](C(C)C)NC(=O)[C@H](CC(C)C)NC(=O)[C@H](C(C)C)NC(=O)[C@H](CC(C)C)NC(=O)[C@H](CC(C)C)NC(=O)[C@H](CC(C)C)NC1=O. The second-order valence-corrected chi connectivity index (χ2v) is 21.0. The highest BCUT2D eigenvalue weighted by molar-refractivity contribution is 5.99. The van der Waals surface area contributed by atoms with Gasteiger partial charge in [0, 0.05) is 6.54 Å². The first-order valence-electron chi connectivity index (χ1n) is 24.4. The number of fused-ring (bicyclic) bond motifs is 1. The van der Waals surface area contributed by atoms with E-state index in [1.807, 2.05) is 62.3 Å². The van der Waals surface area contributed by atoms with Crippen molar-refractivity contribution in [2.75, 3.05) is 6.54 Å². The normalized spacial score (nSPS) is 28.3. The molecular weight excluding hydrogens is 847 g/mol. The fraction of sp³-hybridized carbons (Fsp3) is 0.812. The van der Waals surface area contributed by atoms with Gasteiger partial charge in [-0.3, -0.25) is 43.2 Å². The minimum atomic E-state index is -1.13. The molecule has 18 nitrogen and oxygen atoms in total.